The summed E-state index contributed by atoms with van der Waals surface area (Å²) < 4.78 is 0. The molecule has 1 amide bonds. The monoisotopic (exact) mass is 444 g/mol. The largest absolute Gasteiger partial charge is 0.357 e. The third-order valence-corrected chi connectivity index (χ3v) is 3.76. The lowest BCUT2D eigenvalue weighted by atomic mass is 10.1. The van der Waals surface area contributed by atoms with Gasteiger partial charge in [-0.15, -0.1) is 24.0 Å². The highest BCUT2D eigenvalue weighted by atomic mass is 127. The van der Waals surface area contributed by atoms with Gasteiger partial charge in [-0.2, -0.15) is 0 Å². The normalized spacial score (nSPS) is 15.2. The zero-order chi connectivity index (χ0) is 16.5. The van der Waals surface area contributed by atoms with Crippen LogP contribution in [0, 0.1) is 0 Å². The van der Waals surface area contributed by atoms with E-state index < -0.39 is 0 Å². The van der Waals surface area contributed by atoms with Crippen LogP contribution in [0.3, 0.4) is 0 Å². The maximum atomic E-state index is 11.7. The van der Waals surface area contributed by atoms with Gasteiger partial charge in [-0.3, -0.25) is 4.79 Å². The van der Waals surface area contributed by atoms with Gasteiger partial charge in [0.1, 0.15) is 6.54 Å². The molecule has 6 heteroatoms. The van der Waals surface area contributed by atoms with Gasteiger partial charge in [0.15, 0.2) is 5.96 Å². The highest BCUT2D eigenvalue weighted by Gasteiger charge is 2.22. The molecule has 1 saturated carbocycles. The van der Waals surface area contributed by atoms with Crippen LogP contribution in [-0.4, -0.2) is 37.0 Å². The summed E-state index contributed by atoms with van der Waals surface area (Å²) in [5.41, 5.74) is 1.34. The summed E-state index contributed by atoms with van der Waals surface area (Å²) in [5.74, 6) is 0.709. The number of amides is 1. The fourth-order valence-corrected chi connectivity index (χ4v) is 2.31. The highest BCUT2D eigenvalue weighted by Crippen LogP contribution is 2.18. The predicted molar refractivity (Wildman–Crippen MR) is 110 cm³/mol. The van der Waals surface area contributed by atoms with E-state index >= 15 is 0 Å². The SMILES string of the molecule is CCNC(=NCC(=O)NC1CC1)NC(C)CCc1ccccc1.I. The molecule has 3 N–H and O–H groups in total. The molecule has 0 heterocycles. The van der Waals surface area contributed by atoms with E-state index in [9.17, 15) is 4.79 Å². The molecule has 0 aliphatic heterocycles. The van der Waals surface area contributed by atoms with E-state index in [1.165, 1.54) is 5.56 Å². The van der Waals surface area contributed by atoms with Gasteiger partial charge >= 0.3 is 0 Å². The van der Waals surface area contributed by atoms with Crippen LogP contribution in [0.1, 0.15) is 38.7 Å². The number of carbonyl (C=O) groups excluding carboxylic acids is 1. The van der Waals surface area contributed by atoms with Crippen molar-refractivity contribution in [1.82, 2.24) is 16.0 Å². The van der Waals surface area contributed by atoms with E-state index in [1.54, 1.807) is 0 Å². The second kappa shape index (κ2) is 11.3. The number of nitrogens with one attached hydrogen (secondary N) is 3. The van der Waals surface area contributed by atoms with Crippen LogP contribution in [-0.2, 0) is 11.2 Å². The van der Waals surface area contributed by atoms with Crippen LogP contribution in [0.25, 0.3) is 0 Å². The number of guanidine groups is 1. The molecule has 0 spiro atoms. The molecule has 134 valence electrons. The number of carbonyl (C=O) groups is 1. The Labute approximate surface area is 162 Å². The molecule has 0 saturated heterocycles. The molecule has 1 aliphatic rings. The molecule has 1 aliphatic carbocycles. The molecule has 24 heavy (non-hydrogen) atoms. The van der Waals surface area contributed by atoms with Crippen LogP contribution in [0.5, 0.6) is 0 Å². The Morgan fingerprint density at radius 2 is 2.00 bits per heavy atom. The molecule has 1 unspecified atom stereocenters. The second-order valence-electron chi connectivity index (χ2n) is 6.11. The zero-order valence-corrected chi connectivity index (χ0v) is 16.9. The number of hydrogen-bond donors (Lipinski definition) is 3. The van der Waals surface area contributed by atoms with Crippen molar-refractivity contribution < 1.29 is 4.79 Å². The molecule has 0 aromatic heterocycles. The van der Waals surface area contributed by atoms with E-state index in [4.69, 9.17) is 0 Å². The number of rotatable bonds is 8. The molecule has 0 bridgehead atoms. The van der Waals surface area contributed by atoms with Gasteiger partial charge in [0, 0.05) is 18.6 Å². The Hall–Kier alpha value is -1.31. The van der Waals surface area contributed by atoms with Crippen molar-refractivity contribution in [2.75, 3.05) is 13.1 Å². The number of aryl methyl sites for hydroxylation is 1. The van der Waals surface area contributed by atoms with E-state index in [0.29, 0.717) is 18.0 Å². The molecule has 0 radical (unpaired) electrons. The van der Waals surface area contributed by atoms with Crippen LogP contribution in [0.4, 0.5) is 0 Å². The fraction of sp³-hybridized carbons (Fsp3) is 0.556. The first-order valence-corrected chi connectivity index (χ1v) is 8.55. The molecule has 2 rings (SSSR count). The Bertz CT molecular complexity index is 517. The average Bonchev–Trinajstić information content (AvgIpc) is 3.36. The summed E-state index contributed by atoms with van der Waals surface area (Å²) in [6.45, 7) is 5.12. The summed E-state index contributed by atoms with van der Waals surface area (Å²) in [6.07, 6.45) is 4.24. The second-order valence-corrected chi connectivity index (χ2v) is 6.11. The number of benzene rings is 1. The maximum Gasteiger partial charge on any atom is 0.242 e. The van der Waals surface area contributed by atoms with E-state index in [1.807, 2.05) is 13.0 Å². The summed E-state index contributed by atoms with van der Waals surface area (Å²) in [4.78, 5) is 16.1. The average molecular weight is 444 g/mol. The molecule has 1 aromatic rings. The first kappa shape index (κ1) is 20.7. The summed E-state index contributed by atoms with van der Waals surface area (Å²) in [6, 6.07) is 11.1. The Morgan fingerprint density at radius 3 is 2.62 bits per heavy atom. The smallest absolute Gasteiger partial charge is 0.242 e. The topological polar surface area (TPSA) is 65.5 Å². The predicted octanol–water partition coefficient (Wildman–Crippen LogP) is 2.46. The minimum Gasteiger partial charge on any atom is -0.357 e. The molecule has 5 nitrogen and oxygen atoms in total. The standard InChI is InChI=1S/C18H28N4O.HI/c1-3-19-18(20-13-17(23)22-16-11-12-16)21-14(2)9-10-15-7-5-4-6-8-15;/h4-8,14,16H,3,9-13H2,1-2H3,(H,22,23)(H2,19,20,21);1H. The molecule has 1 aromatic carbocycles. The minimum atomic E-state index is 0. The fourth-order valence-electron chi connectivity index (χ4n) is 2.31. The molecular formula is C18H29IN4O. The van der Waals surface area contributed by atoms with Crippen molar-refractivity contribution in [2.24, 2.45) is 4.99 Å². The Morgan fingerprint density at radius 1 is 1.29 bits per heavy atom. The lowest BCUT2D eigenvalue weighted by Crippen LogP contribution is -2.43. The van der Waals surface area contributed by atoms with Crippen molar-refractivity contribution in [3.05, 3.63) is 35.9 Å². The zero-order valence-electron chi connectivity index (χ0n) is 14.5. The van der Waals surface area contributed by atoms with Crippen molar-refractivity contribution in [3.8, 4) is 0 Å². The van der Waals surface area contributed by atoms with Crippen molar-refractivity contribution in [1.29, 1.82) is 0 Å². The quantitative estimate of drug-likeness (QED) is 0.328. The first-order valence-electron chi connectivity index (χ1n) is 8.55. The number of nitrogens with zero attached hydrogens (tertiary/aromatic N) is 1. The van der Waals surface area contributed by atoms with Crippen molar-refractivity contribution in [2.45, 2.75) is 51.6 Å². The van der Waals surface area contributed by atoms with Crippen LogP contribution >= 0.6 is 24.0 Å². The summed E-state index contributed by atoms with van der Waals surface area (Å²) in [7, 11) is 0. The van der Waals surface area contributed by atoms with Gasteiger partial charge in [-0.05, 0) is 45.1 Å². The minimum absolute atomic E-state index is 0. The van der Waals surface area contributed by atoms with Gasteiger partial charge < -0.3 is 16.0 Å². The van der Waals surface area contributed by atoms with Crippen molar-refractivity contribution in [3.63, 3.8) is 0 Å². The lowest BCUT2D eigenvalue weighted by Gasteiger charge is -2.17. The van der Waals surface area contributed by atoms with E-state index in [2.05, 4.69) is 52.1 Å². The van der Waals surface area contributed by atoms with Gasteiger partial charge in [0.2, 0.25) is 5.91 Å². The molecular weight excluding hydrogens is 415 g/mol. The lowest BCUT2D eigenvalue weighted by molar-refractivity contribution is -0.119. The van der Waals surface area contributed by atoms with Gasteiger partial charge in [0.05, 0.1) is 0 Å². The molecule has 1 atom stereocenters. The van der Waals surface area contributed by atoms with Crippen LogP contribution < -0.4 is 16.0 Å². The van der Waals surface area contributed by atoms with E-state index in [0.717, 1.165) is 32.2 Å². The Balaban J connectivity index is 0.00000288. The van der Waals surface area contributed by atoms with Gasteiger partial charge in [0.25, 0.3) is 0 Å². The van der Waals surface area contributed by atoms with Gasteiger partial charge in [-0.1, -0.05) is 30.3 Å². The first-order chi connectivity index (χ1) is 11.2. The van der Waals surface area contributed by atoms with Crippen LogP contribution in [0.2, 0.25) is 0 Å². The number of hydrogen-bond acceptors (Lipinski definition) is 2. The third-order valence-electron chi connectivity index (χ3n) is 3.76. The number of halogens is 1. The maximum absolute atomic E-state index is 11.7. The highest BCUT2D eigenvalue weighted by molar-refractivity contribution is 14.0. The summed E-state index contributed by atoms with van der Waals surface area (Å²) >= 11 is 0. The molecule has 1 fully saturated rings. The van der Waals surface area contributed by atoms with Crippen LogP contribution in [0.15, 0.2) is 35.3 Å². The number of aliphatic imine (C=N–C) groups is 1. The van der Waals surface area contributed by atoms with Crippen molar-refractivity contribution >= 4 is 35.8 Å². The summed E-state index contributed by atoms with van der Waals surface area (Å²) in [5, 5.41) is 9.52. The third kappa shape index (κ3) is 8.52. The Kier molecular flexibility index (Phi) is 9.75. The van der Waals surface area contributed by atoms with Gasteiger partial charge in [-0.25, -0.2) is 4.99 Å². The van der Waals surface area contributed by atoms with E-state index in [-0.39, 0.29) is 36.4 Å².